The van der Waals surface area contributed by atoms with E-state index in [1.807, 2.05) is 0 Å². The minimum absolute atomic E-state index is 0.0815. The molecule has 2 aromatic rings. The van der Waals surface area contributed by atoms with Crippen molar-refractivity contribution in [3.05, 3.63) is 40.7 Å². The Morgan fingerprint density at radius 2 is 2.38 bits per heavy atom. The second-order valence-corrected chi connectivity index (χ2v) is 3.11. The summed E-state index contributed by atoms with van der Waals surface area (Å²) in [5.41, 5.74) is 0.699. The Morgan fingerprint density at radius 3 is 3.00 bits per heavy atom. The number of hydrogen-bond donors (Lipinski definition) is 0. The van der Waals surface area contributed by atoms with Crippen molar-refractivity contribution in [3.8, 4) is 11.6 Å². The van der Waals surface area contributed by atoms with E-state index in [0.717, 1.165) is 0 Å². The second kappa shape index (κ2) is 4.01. The highest BCUT2D eigenvalue weighted by Gasteiger charge is 2.16. The normalized spacial score (nSPS) is 10.1. The summed E-state index contributed by atoms with van der Waals surface area (Å²) in [7, 11) is 0. The number of hydrogen-bond acceptors (Lipinski definition) is 5. The number of aldehydes is 1. The summed E-state index contributed by atoms with van der Waals surface area (Å²) in [4.78, 5) is 10.8. The lowest BCUT2D eigenvalue weighted by atomic mass is 10.2. The molecule has 2 rings (SSSR count). The van der Waals surface area contributed by atoms with Gasteiger partial charge < -0.3 is 9.94 Å². The van der Waals surface area contributed by atoms with Gasteiger partial charge in [-0.3, -0.25) is 9.42 Å². The van der Waals surface area contributed by atoms with Gasteiger partial charge in [-0.15, -0.1) is 0 Å². The molecule has 0 aliphatic heterocycles. The van der Waals surface area contributed by atoms with Gasteiger partial charge in [-0.2, -0.15) is 0 Å². The van der Waals surface area contributed by atoms with Crippen molar-refractivity contribution in [2.24, 2.45) is 0 Å². The average Bonchev–Trinajstić information content (AvgIpc) is 2.61. The van der Waals surface area contributed by atoms with E-state index in [0.29, 0.717) is 17.6 Å². The van der Waals surface area contributed by atoms with Crippen molar-refractivity contribution < 1.29 is 19.1 Å². The van der Waals surface area contributed by atoms with Gasteiger partial charge in [0.05, 0.1) is 5.16 Å². The molecule has 0 N–H and O–H groups in total. The maximum Gasteiger partial charge on any atom is 0.402 e. The van der Waals surface area contributed by atoms with Gasteiger partial charge in [-0.1, -0.05) is 12.1 Å². The topological polar surface area (TPSA) is 79.3 Å². The molecule has 0 aliphatic rings. The third-order valence-electron chi connectivity index (χ3n) is 1.99. The second-order valence-electron chi connectivity index (χ2n) is 3.11. The molecule has 0 amide bonds. The predicted molar refractivity (Wildman–Crippen MR) is 52.1 cm³/mol. The average molecular weight is 220 g/mol. The Balaban J connectivity index is 2.26. The van der Waals surface area contributed by atoms with Crippen LogP contribution in [0.1, 0.15) is 16.1 Å². The minimum Gasteiger partial charge on any atom is -0.416 e. The third-order valence-corrected chi connectivity index (χ3v) is 1.99. The Bertz CT molecular complexity index is 521. The van der Waals surface area contributed by atoms with E-state index >= 15 is 0 Å². The third kappa shape index (κ3) is 1.85. The van der Waals surface area contributed by atoms with E-state index in [1.165, 1.54) is 13.0 Å². The standard InChI is InChI=1S/C10H8N2O4/c1-7-10(11-16-12(7)14)15-9-4-2-3-8(5-9)6-13/h2-6H,1H3. The molecule has 0 atom stereocenters. The van der Waals surface area contributed by atoms with E-state index < -0.39 is 0 Å². The smallest absolute Gasteiger partial charge is 0.402 e. The molecule has 0 fully saturated rings. The van der Waals surface area contributed by atoms with Crippen LogP contribution in [0.2, 0.25) is 0 Å². The number of benzene rings is 1. The quantitative estimate of drug-likeness (QED) is 0.574. The van der Waals surface area contributed by atoms with Crippen molar-refractivity contribution in [1.82, 2.24) is 5.16 Å². The Kier molecular flexibility index (Phi) is 2.55. The summed E-state index contributed by atoms with van der Waals surface area (Å²) in [5.74, 6) is 0.500. The molecule has 16 heavy (non-hydrogen) atoms. The molecule has 0 saturated heterocycles. The maximum absolute atomic E-state index is 10.9. The molecule has 1 aromatic carbocycles. The summed E-state index contributed by atoms with van der Waals surface area (Å²) in [6.45, 7) is 1.52. The van der Waals surface area contributed by atoms with E-state index in [1.54, 1.807) is 18.2 Å². The number of ether oxygens (including phenoxy) is 1. The van der Waals surface area contributed by atoms with Crippen LogP contribution >= 0.6 is 0 Å². The molecular weight excluding hydrogens is 212 g/mol. The van der Waals surface area contributed by atoms with Crippen LogP contribution in [0.5, 0.6) is 11.6 Å². The van der Waals surface area contributed by atoms with Crippen molar-refractivity contribution in [3.63, 3.8) is 0 Å². The zero-order valence-corrected chi connectivity index (χ0v) is 8.41. The molecule has 0 saturated carbocycles. The zero-order valence-electron chi connectivity index (χ0n) is 8.41. The summed E-state index contributed by atoms with van der Waals surface area (Å²) < 4.78 is 9.63. The molecule has 0 unspecified atom stereocenters. The highest BCUT2D eigenvalue weighted by molar-refractivity contribution is 5.75. The first-order valence-corrected chi connectivity index (χ1v) is 4.50. The Labute approximate surface area is 90.6 Å². The van der Waals surface area contributed by atoms with Crippen LogP contribution in [0.4, 0.5) is 0 Å². The van der Waals surface area contributed by atoms with Crippen molar-refractivity contribution in [2.45, 2.75) is 6.92 Å². The van der Waals surface area contributed by atoms with Crippen LogP contribution in [-0.2, 0) is 0 Å². The highest BCUT2D eigenvalue weighted by atomic mass is 16.8. The molecule has 1 heterocycles. The fraction of sp³-hybridized carbons (Fsp3) is 0.100. The van der Waals surface area contributed by atoms with Crippen molar-refractivity contribution in [2.75, 3.05) is 0 Å². The van der Waals surface area contributed by atoms with Crippen molar-refractivity contribution in [1.29, 1.82) is 0 Å². The molecule has 0 radical (unpaired) electrons. The van der Waals surface area contributed by atoms with Crippen LogP contribution in [0.3, 0.4) is 0 Å². The fourth-order valence-corrected chi connectivity index (χ4v) is 1.14. The first kappa shape index (κ1) is 10.2. The first-order valence-electron chi connectivity index (χ1n) is 4.50. The summed E-state index contributed by atoms with van der Waals surface area (Å²) in [5, 5.41) is 14.3. The fourth-order valence-electron chi connectivity index (χ4n) is 1.14. The summed E-state index contributed by atoms with van der Waals surface area (Å²) >= 11 is 0. The number of rotatable bonds is 3. The van der Waals surface area contributed by atoms with E-state index in [2.05, 4.69) is 9.79 Å². The largest absolute Gasteiger partial charge is 0.416 e. The van der Waals surface area contributed by atoms with Gasteiger partial charge in [-0.25, -0.2) is 0 Å². The van der Waals surface area contributed by atoms with Crippen LogP contribution in [0.15, 0.2) is 28.9 Å². The number of carbonyl (C=O) groups excluding carboxylic acids is 1. The van der Waals surface area contributed by atoms with Crippen molar-refractivity contribution >= 4 is 6.29 Å². The van der Waals surface area contributed by atoms with Gasteiger partial charge in [0.25, 0.3) is 0 Å². The lowest BCUT2D eigenvalue weighted by Crippen LogP contribution is -2.25. The number of carbonyl (C=O) groups is 1. The molecule has 82 valence electrons. The number of aromatic nitrogens is 2. The van der Waals surface area contributed by atoms with Gasteiger partial charge in [0.15, 0.2) is 0 Å². The van der Waals surface area contributed by atoms with Gasteiger partial charge in [0.2, 0.25) is 5.69 Å². The van der Waals surface area contributed by atoms with E-state index in [-0.39, 0.29) is 16.5 Å². The SMILES string of the molecule is Cc1c(Oc2cccc(C=O)c2)no[n+]1[O-]. The Hall–Kier alpha value is -2.37. The monoisotopic (exact) mass is 220 g/mol. The minimum atomic E-state index is 0.0815. The molecular formula is C10H8N2O4. The van der Waals surface area contributed by atoms with Crippen LogP contribution in [0, 0.1) is 12.1 Å². The first-order chi connectivity index (χ1) is 7.70. The van der Waals surface area contributed by atoms with E-state index in [4.69, 9.17) is 4.74 Å². The van der Waals surface area contributed by atoms with Gasteiger partial charge in [0, 0.05) is 12.5 Å². The molecule has 6 heteroatoms. The highest BCUT2D eigenvalue weighted by Crippen LogP contribution is 2.21. The summed E-state index contributed by atoms with van der Waals surface area (Å²) in [6, 6.07) is 6.50. The molecule has 6 nitrogen and oxygen atoms in total. The van der Waals surface area contributed by atoms with Crippen LogP contribution in [-0.4, -0.2) is 11.4 Å². The van der Waals surface area contributed by atoms with Gasteiger partial charge in [0.1, 0.15) is 12.0 Å². The molecule has 0 spiro atoms. The Morgan fingerprint density at radius 1 is 1.56 bits per heavy atom. The lowest BCUT2D eigenvalue weighted by molar-refractivity contribution is -0.806. The van der Waals surface area contributed by atoms with Gasteiger partial charge in [-0.05, 0) is 17.0 Å². The lowest BCUT2D eigenvalue weighted by Gasteiger charge is -1.99. The molecule has 0 bridgehead atoms. The molecule has 1 aromatic heterocycles. The van der Waals surface area contributed by atoms with Gasteiger partial charge >= 0.3 is 5.88 Å². The maximum atomic E-state index is 10.9. The van der Waals surface area contributed by atoms with Crippen LogP contribution in [0.25, 0.3) is 0 Å². The summed E-state index contributed by atoms with van der Waals surface area (Å²) in [6.07, 6.45) is 0.705. The number of nitrogens with zero attached hydrogens (tertiary/aromatic N) is 2. The zero-order chi connectivity index (χ0) is 11.5. The molecule has 0 aliphatic carbocycles. The van der Waals surface area contributed by atoms with E-state index in [9.17, 15) is 10.0 Å². The van der Waals surface area contributed by atoms with Crippen LogP contribution < -0.4 is 9.64 Å². The predicted octanol–water partition coefficient (Wildman–Crippen LogP) is 1.22.